The summed E-state index contributed by atoms with van der Waals surface area (Å²) in [5, 5.41) is 8.24. The van der Waals surface area contributed by atoms with Gasteiger partial charge in [-0.25, -0.2) is 0 Å². The second kappa shape index (κ2) is 3.02. The van der Waals surface area contributed by atoms with Gasteiger partial charge in [-0.15, -0.1) is 0 Å². The molecule has 1 saturated heterocycles. The molecule has 8 heavy (non-hydrogen) atoms. The first-order chi connectivity index (χ1) is 3.93. The van der Waals surface area contributed by atoms with E-state index in [1.54, 1.807) is 0 Å². The van der Waals surface area contributed by atoms with Crippen molar-refractivity contribution in [3.8, 4) is 0 Å². The van der Waals surface area contributed by atoms with Crippen molar-refractivity contribution in [3.63, 3.8) is 0 Å². The monoisotopic (exact) mass is 116 g/mol. The van der Waals surface area contributed by atoms with Gasteiger partial charge in [-0.2, -0.15) is 5.48 Å². The molecule has 1 fully saturated rings. The topological polar surface area (TPSA) is 35.5 Å². The Balaban J connectivity index is 2.06. The molecule has 0 bridgehead atoms. The first-order valence-corrected chi connectivity index (χ1v) is 3.03. The minimum atomic E-state index is 0.625. The van der Waals surface area contributed by atoms with Crippen molar-refractivity contribution in [2.45, 2.75) is 12.8 Å². The van der Waals surface area contributed by atoms with Crippen LogP contribution in [-0.4, -0.2) is 29.9 Å². The minimum Gasteiger partial charge on any atom is -0.316 e. The summed E-state index contributed by atoms with van der Waals surface area (Å²) in [6.07, 6.45) is 2.56. The molecule has 0 saturated carbocycles. The van der Waals surface area contributed by atoms with Crippen LogP contribution < -0.4 is 5.48 Å². The van der Waals surface area contributed by atoms with Crippen LogP contribution in [0.25, 0.3) is 0 Å². The molecular formula is C5H12N2O. The Morgan fingerprint density at radius 2 is 2.00 bits per heavy atom. The molecule has 0 amide bonds. The summed E-state index contributed by atoms with van der Waals surface area (Å²) in [5.74, 6) is 0. The first kappa shape index (κ1) is 6.01. The van der Waals surface area contributed by atoms with Gasteiger partial charge in [-0.1, -0.05) is 0 Å². The maximum atomic E-state index is 8.24. The number of nitrogens with one attached hydrogen (secondary N) is 1. The Hall–Kier alpha value is -0.120. The van der Waals surface area contributed by atoms with E-state index < -0.39 is 0 Å². The normalized spacial score (nSPS) is 22.1. The molecule has 1 rings (SSSR count). The molecule has 0 aromatic rings. The van der Waals surface area contributed by atoms with Crippen LogP contribution in [0, 0.1) is 0 Å². The SMILES string of the molecule is ONCN1CCCC1. The molecule has 0 radical (unpaired) electrons. The Morgan fingerprint density at radius 1 is 1.38 bits per heavy atom. The number of rotatable bonds is 2. The lowest BCUT2D eigenvalue weighted by atomic mass is 10.4. The Morgan fingerprint density at radius 3 is 2.50 bits per heavy atom. The molecule has 0 atom stereocenters. The van der Waals surface area contributed by atoms with Gasteiger partial charge in [0.1, 0.15) is 0 Å². The van der Waals surface area contributed by atoms with E-state index in [-0.39, 0.29) is 0 Å². The third-order valence-corrected chi connectivity index (χ3v) is 1.49. The number of nitrogens with zero attached hydrogens (tertiary/aromatic N) is 1. The van der Waals surface area contributed by atoms with Crippen molar-refractivity contribution in [1.29, 1.82) is 0 Å². The molecule has 2 N–H and O–H groups in total. The van der Waals surface area contributed by atoms with Gasteiger partial charge in [0, 0.05) is 0 Å². The Kier molecular flexibility index (Phi) is 2.27. The fraction of sp³-hybridized carbons (Fsp3) is 1.00. The summed E-state index contributed by atoms with van der Waals surface area (Å²) < 4.78 is 0. The minimum absolute atomic E-state index is 0.625. The second-order valence-corrected chi connectivity index (χ2v) is 2.14. The van der Waals surface area contributed by atoms with Gasteiger partial charge >= 0.3 is 0 Å². The average Bonchev–Trinajstić information content (AvgIpc) is 2.19. The van der Waals surface area contributed by atoms with Crippen molar-refractivity contribution in [2.75, 3.05) is 19.8 Å². The summed E-state index contributed by atoms with van der Waals surface area (Å²) in [7, 11) is 0. The molecule has 0 unspecified atom stereocenters. The highest BCUT2D eigenvalue weighted by atomic mass is 16.5. The van der Waals surface area contributed by atoms with Crippen molar-refractivity contribution in [1.82, 2.24) is 10.4 Å². The molecule has 0 spiro atoms. The summed E-state index contributed by atoms with van der Waals surface area (Å²) in [4.78, 5) is 2.18. The predicted octanol–water partition coefficient (Wildman–Crippen LogP) is 0.0185. The summed E-state index contributed by atoms with van der Waals surface area (Å²) in [5.41, 5.74) is 2.14. The molecular weight excluding hydrogens is 104 g/mol. The smallest absolute Gasteiger partial charge is 0.0723 e. The van der Waals surface area contributed by atoms with E-state index in [9.17, 15) is 0 Å². The quantitative estimate of drug-likeness (QED) is 0.499. The Labute approximate surface area is 49.3 Å². The lowest BCUT2D eigenvalue weighted by molar-refractivity contribution is 0.110. The number of hydrogen-bond donors (Lipinski definition) is 2. The van der Waals surface area contributed by atoms with E-state index in [0.717, 1.165) is 13.1 Å². The van der Waals surface area contributed by atoms with Gasteiger partial charge in [-0.05, 0) is 25.9 Å². The zero-order valence-corrected chi connectivity index (χ0v) is 4.93. The van der Waals surface area contributed by atoms with Gasteiger partial charge in [-0.3, -0.25) is 4.90 Å². The molecule has 1 aliphatic heterocycles. The third-order valence-electron chi connectivity index (χ3n) is 1.49. The maximum absolute atomic E-state index is 8.24. The van der Waals surface area contributed by atoms with Crippen LogP contribution in [0.2, 0.25) is 0 Å². The van der Waals surface area contributed by atoms with Gasteiger partial charge < -0.3 is 5.21 Å². The van der Waals surface area contributed by atoms with Gasteiger partial charge in [0.15, 0.2) is 0 Å². The average molecular weight is 116 g/mol. The van der Waals surface area contributed by atoms with Crippen LogP contribution in [0.4, 0.5) is 0 Å². The number of hydroxylamine groups is 1. The van der Waals surface area contributed by atoms with Gasteiger partial charge in [0.25, 0.3) is 0 Å². The van der Waals surface area contributed by atoms with Crippen molar-refractivity contribution in [2.24, 2.45) is 0 Å². The van der Waals surface area contributed by atoms with Crippen LogP contribution in [0.3, 0.4) is 0 Å². The van der Waals surface area contributed by atoms with Crippen molar-refractivity contribution < 1.29 is 5.21 Å². The van der Waals surface area contributed by atoms with Crippen LogP contribution in [-0.2, 0) is 0 Å². The lowest BCUT2D eigenvalue weighted by Crippen LogP contribution is -2.29. The molecule has 3 heteroatoms. The number of likely N-dealkylation sites (tertiary alicyclic amines) is 1. The molecule has 0 aromatic carbocycles. The van der Waals surface area contributed by atoms with Crippen LogP contribution in [0.15, 0.2) is 0 Å². The van der Waals surface area contributed by atoms with Gasteiger partial charge in [0.2, 0.25) is 0 Å². The molecule has 1 aliphatic rings. The fourth-order valence-electron chi connectivity index (χ4n) is 1.04. The highest BCUT2D eigenvalue weighted by Gasteiger charge is 2.08. The van der Waals surface area contributed by atoms with E-state index in [1.165, 1.54) is 12.8 Å². The van der Waals surface area contributed by atoms with E-state index in [4.69, 9.17) is 5.21 Å². The highest BCUT2D eigenvalue weighted by Crippen LogP contribution is 2.04. The van der Waals surface area contributed by atoms with E-state index in [2.05, 4.69) is 10.4 Å². The molecule has 48 valence electrons. The van der Waals surface area contributed by atoms with E-state index in [1.807, 2.05) is 0 Å². The van der Waals surface area contributed by atoms with E-state index >= 15 is 0 Å². The first-order valence-electron chi connectivity index (χ1n) is 3.03. The Bertz CT molecular complexity index is 61.4. The predicted molar refractivity (Wildman–Crippen MR) is 30.6 cm³/mol. The molecule has 3 nitrogen and oxygen atoms in total. The third kappa shape index (κ3) is 1.43. The molecule has 0 aromatic heterocycles. The zero-order chi connectivity index (χ0) is 5.82. The largest absolute Gasteiger partial charge is 0.316 e. The summed E-state index contributed by atoms with van der Waals surface area (Å²) in [6.45, 7) is 2.89. The van der Waals surface area contributed by atoms with Crippen molar-refractivity contribution >= 4 is 0 Å². The van der Waals surface area contributed by atoms with Crippen LogP contribution >= 0.6 is 0 Å². The number of hydrogen-bond acceptors (Lipinski definition) is 3. The van der Waals surface area contributed by atoms with Crippen LogP contribution in [0.5, 0.6) is 0 Å². The lowest BCUT2D eigenvalue weighted by Gasteiger charge is -2.11. The maximum Gasteiger partial charge on any atom is 0.0723 e. The summed E-state index contributed by atoms with van der Waals surface area (Å²) in [6, 6.07) is 0. The van der Waals surface area contributed by atoms with Crippen molar-refractivity contribution in [3.05, 3.63) is 0 Å². The highest BCUT2D eigenvalue weighted by molar-refractivity contribution is 4.62. The summed E-state index contributed by atoms with van der Waals surface area (Å²) >= 11 is 0. The molecule has 0 aliphatic carbocycles. The second-order valence-electron chi connectivity index (χ2n) is 2.14. The fourth-order valence-corrected chi connectivity index (χ4v) is 1.04. The van der Waals surface area contributed by atoms with Gasteiger partial charge in [0.05, 0.1) is 6.67 Å². The molecule has 1 heterocycles. The standard InChI is InChI=1S/C5H12N2O/c8-6-5-7-3-1-2-4-7/h6,8H,1-5H2. The van der Waals surface area contributed by atoms with Crippen LogP contribution in [0.1, 0.15) is 12.8 Å². The van der Waals surface area contributed by atoms with E-state index in [0.29, 0.717) is 6.67 Å². The zero-order valence-electron chi connectivity index (χ0n) is 4.93.